The van der Waals surface area contributed by atoms with E-state index in [1.165, 1.54) is 12.3 Å². The topological polar surface area (TPSA) is 100 Å². The number of ether oxygens (including phenoxy) is 2. The molecule has 0 saturated heterocycles. The van der Waals surface area contributed by atoms with Crippen molar-refractivity contribution >= 4 is 12.1 Å². The van der Waals surface area contributed by atoms with Crippen LogP contribution in [-0.2, 0) is 0 Å². The van der Waals surface area contributed by atoms with E-state index in [2.05, 4.69) is 10.5 Å². The summed E-state index contributed by atoms with van der Waals surface area (Å²) in [6.45, 7) is 0.134. The summed E-state index contributed by atoms with van der Waals surface area (Å²) >= 11 is 0. The first-order chi connectivity index (χ1) is 10.6. The Kier molecular flexibility index (Phi) is 3.53. The second-order valence-corrected chi connectivity index (χ2v) is 4.48. The zero-order valence-electron chi connectivity index (χ0n) is 11.3. The molecule has 0 unspecified atom stereocenters. The van der Waals surface area contributed by atoms with Crippen LogP contribution in [0.3, 0.4) is 0 Å². The Hall–Kier alpha value is -3.22. The maximum atomic E-state index is 12.0. The quantitative estimate of drug-likeness (QED) is 0.454. The molecule has 0 fully saturated rings. The SMILES string of the molecule is O=C(NN=Cc1cccc(O)c1O)c1ccc2c(c1)OCO2. The average molecular weight is 300 g/mol. The average Bonchev–Trinajstić information content (AvgIpc) is 2.98. The largest absolute Gasteiger partial charge is 0.504 e. The summed E-state index contributed by atoms with van der Waals surface area (Å²) < 4.78 is 10.4. The van der Waals surface area contributed by atoms with Crippen LogP contribution in [0.4, 0.5) is 0 Å². The highest BCUT2D eigenvalue weighted by Gasteiger charge is 2.15. The maximum Gasteiger partial charge on any atom is 0.271 e. The molecule has 7 nitrogen and oxygen atoms in total. The molecular formula is C15H12N2O5. The van der Waals surface area contributed by atoms with Gasteiger partial charge in [-0.1, -0.05) is 6.07 Å². The fourth-order valence-corrected chi connectivity index (χ4v) is 1.92. The number of hydrogen-bond acceptors (Lipinski definition) is 6. The molecule has 0 atom stereocenters. The molecule has 3 rings (SSSR count). The number of carbonyl (C=O) groups is 1. The van der Waals surface area contributed by atoms with E-state index in [1.54, 1.807) is 30.3 Å². The van der Waals surface area contributed by atoms with Crippen molar-refractivity contribution in [2.45, 2.75) is 0 Å². The third kappa shape index (κ3) is 2.64. The molecule has 1 heterocycles. The number of nitrogens with one attached hydrogen (secondary N) is 1. The monoisotopic (exact) mass is 300 g/mol. The lowest BCUT2D eigenvalue weighted by molar-refractivity contribution is 0.0954. The first kappa shape index (κ1) is 13.7. The molecule has 22 heavy (non-hydrogen) atoms. The molecule has 1 aliphatic heterocycles. The van der Waals surface area contributed by atoms with Gasteiger partial charge in [0, 0.05) is 11.1 Å². The van der Waals surface area contributed by atoms with Crippen LogP contribution >= 0.6 is 0 Å². The number of para-hydroxylation sites is 1. The first-order valence-electron chi connectivity index (χ1n) is 6.39. The Morgan fingerprint density at radius 2 is 2.00 bits per heavy atom. The highest BCUT2D eigenvalue weighted by molar-refractivity contribution is 5.95. The van der Waals surface area contributed by atoms with Crippen LogP contribution in [0.25, 0.3) is 0 Å². The number of fused-ring (bicyclic) bond motifs is 1. The van der Waals surface area contributed by atoms with Gasteiger partial charge in [0.1, 0.15) is 0 Å². The fourth-order valence-electron chi connectivity index (χ4n) is 1.92. The van der Waals surface area contributed by atoms with Crippen LogP contribution in [0.2, 0.25) is 0 Å². The molecule has 0 spiro atoms. The normalized spacial score (nSPS) is 12.5. The smallest absolute Gasteiger partial charge is 0.271 e. The molecule has 112 valence electrons. The lowest BCUT2D eigenvalue weighted by atomic mass is 10.2. The number of benzene rings is 2. The van der Waals surface area contributed by atoms with Crippen molar-refractivity contribution in [3.05, 3.63) is 47.5 Å². The standard InChI is InChI=1S/C15H12N2O5/c18-11-3-1-2-10(14(11)19)7-16-17-15(20)9-4-5-12-13(6-9)22-8-21-12/h1-7,18-19H,8H2,(H,17,20). The minimum absolute atomic E-state index is 0.134. The van der Waals surface area contributed by atoms with Crippen molar-refractivity contribution in [2.24, 2.45) is 5.10 Å². The minimum atomic E-state index is -0.436. The number of nitrogens with zero attached hydrogens (tertiary/aromatic N) is 1. The number of carbonyl (C=O) groups excluding carboxylic acids is 1. The summed E-state index contributed by atoms with van der Waals surface area (Å²) in [6.07, 6.45) is 1.24. The Labute approximate surface area is 125 Å². The number of hydrogen-bond donors (Lipinski definition) is 3. The Bertz CT molecular complexity index is 758. The van der Waals surface area contributed by atoms with Gasteiger partial charge in [-0.2, -0.15) is 5.10 Å². The second-order valence-electron chi connectivity index (χ2n) is 4.48. The van der Waals surface area contributed by atoms with E-state index in [-0.39, 0.29) is 23.9 Å². The predicted octanol–water partition coefficient (Wildman–Crippen LogP) is 1.59. The lowest BCUT2D eigenvalue weighted by Crippen LogP contribution is -2.17. The minimum Gasteiger partial charge on any atom is -0.504 e. The third-order valence-corrected chi connectivity index (χ3v) is 3.05. The molecule has 0 bridgehead atoms. The zero-order chi connectivity index (χ0) is 15.5. The first-order valence-corrected chi connectivity index (χ1v) is 6.39. The van der Waals surface area contributed by atoms with Gasteiger partial charge in [-0.25, -0.2) is 5.43 Å². The van der Waals surface area contributed by atoms with Gasteiger partial charge in [-0.15, -0.1) is 0 Å². The molecule has 1 aliphatic rings. The third-order valence-electron chi connectivity index (χ3n) is 3.05. The van der Waals surface area contributed by atoms with Crippen LogP contribution in [0.15, 0.2) is 41.5 Å². The molecule has 1 amide bonds. The van der Waals surface area contributed by atoms with Gasteiger partial charge < -0.3 is 19.7 Å². The summed E-state index contributed by atoms with van der Waals surface area (Å²) in [5.74, 6) is 0.0933. The Balaban J connectivity index is 1.70. The van der Waals surface area contributed by atoms with E-state index in [4.69, 9.17) is 9.47 Å². The molecule has 0 aliphatic carbocycles. The van der Waals surface area contributed by atoms with Crippen LogP contribution in [0, 0.1) is 0 Å². The van der Waals surface area contributed by atoms with Crippen molar-refractivity contribution < 1.29 is 24.5 Å². The van der Waals surface area contributed by atoms with E-state index >= 15 is 0 Å². The Morgan fingerprint density at radius 1 is 1.18 bits per heavy atom. The van der Waals surface area contributed by atoms with E-state index < -0.39 is 5.91 Å². The molecule has 0 saturated carbocycles. The van der Waals surface area contributed by atoms with Crippen LogP contribution in [0.1, 0.15) is 15.9 Å². The van der Waals surface area contributed by atoms with Crippen molar-refractivity contribution in [3.63, 3.8) is 0 Å². The Morgan fingerprint density at radius 3 is 2.86 bits per heavy atom. The van der Waals surface area contributed by atoms with Gasteiger partial charge in [0.2, 0.25) is 6.79 Å². The molecule has 0 aromatic heterocycles. The number of amides is 1. The molecular weight excluding hydrogens is 288 g/mol. The predicted molar refractivity (Wildman–Crippen MR) is 77.4 cm³/mol. The highest BCUT2D eigenvalue weighted by Crippen LogP contribution is 2.32. The summed E-state index contributed by atoms with van der Waals surface area (Å²) in [7, 11) is 0. The highest BCUT2D eigenvalue weighted by atomic mass is 16.7. The second kappa shape index (κ2) is 5.65. The van der Waals surface area contributed by atoms with Crippen molar-refractivity contribution in [1.82, 2.24) is 5.43 Å². The van der Waals surface area contributed by atoms with Crippen LogP contribution in [0.5, 0.6) is 23.0 Å². The van der Waals surface area contributed by atoms with Gasteiger partial charge in [0.05, 0.1) is 6.21 Å². The summed E-state index contributed by atoms with van der Waals surface area (Å²) in [5, 5.41) is 22.7. The van der Waals surface area contributed by atoms with Gasteiger partial charge in [-0.05, 0) is 30.3 Å². The summed E-state index contributed by atoms with van der Waals surface area (Å²) in [4.78, 5) is 12.0. The van der Waals surface area contributed by atoms with E-state index in [0.29, 0.717) is 17.1 Å². The molecule has 2 aromatic rings. The number of aromatic hydroxyl groups is 2. The fraction of sp³-hybridized carbons (Fsp3) is 0.0667. The van der Waals surface area contributed by atoms with Gasteiger partial charge in [-0.3, -0.25) is 4.79 Å². The van der Waals surface area contributed by atoms with Gasteiger partial charge >= 0.3 is 0 Å². The van der Waals surface area contributed by atoms with Crippen LogP contribution < -0.4 is 14.9 Å². The molecule has 2 aromatic carbocycles. The molecule has 0 radical (unpaired) electrons. The van der Waals surface area contributed by atoms with Crippen LogP contribution in [-0.4, -0.2) is 29.1 Å². The van der Waals surface area contributed by atoms with Crippen molar-refractivity contribution in [1.29, 1.82) is 0 Å². The van der Waals surface area contributed by atoms with E-state index in [9.17, 15) is 15.0 Å². The maximum absolute atomic E-state index is 12.0. The lowest BCUT2D eigenvalue weighted by Gasteiger charge is -2.02. The number of phenols is 2. The molecule has 3 N–H and O–H groups in total. The summed E-state index contributed by atoms with van der Waals surface area (Å²) in [6, 6.07) is 9.23. The zero-order valence-corrected chi connectivity index (χ0v) is 11.3. The van der Waals surface area contributed by atoms with E-state index in [1.807, 2.05) is 0 Å². The van der Waals surface area contributed by atoms with E-state index in [0.717, 1.165) is 0 Å². The van der Waals surface area contributed by atoms with Gasteiger partial charge in [0.25, 0.3) is 5.91 Å². The molecule has 7 heteroatoms. The summed E-state index contributed by atoms with van der Waals surface area (Å²) in [5.41, 5.74) is 2.97. The number of hydrazone groups is 1. The van der Waals surface area contributed by atoms with Gasteiger partial charge in [0.15, 0.2) is 23.0 Å². The number of phenolic OH excluding ortho intramolecular Hbond substituents is 2. The number of rotatable bonds is 3. The van der Waals surface area contributed by atoms with Crippen molar-refractivity contribution in [3.8, 4) is 23.0 Å². The van der Waals surface area contributed by atoms with Crippen molar-refractivity contribution in [2.75, 3.05) is 6.79 Å².